The summed E-state index contributed by atoms with van der Waals surface area (Å²) >= 11 is 0. The highest BCUT2D eigenvalue weighted by atomic mass is 19.1. The Bertz CT molecular complexity index is 773. The van der Waals surface area contributed by atoms with Crippen LogP contribution >= 0.6 is 0 Å². The topological polar surface area (TPSA) is 69.2 Å². The lowest BCUT2D eigenvalue weighted by molar-refractivity contribution is 0.0628. The van der Waals surface area contributed by atoms with Crippen molar-refractivity contribution in [3.8, 4) is 5.75 Å². The number of phenolic OH excluding ortho intramolecular Hbond substituents is 1. The van der Waals surface area contributed by atoms with Crippen molar-refractivity contribution in [1.29, 1.82) is 0 Å². The van der Waals surface area contributed by atoms with Crippen LogP contribution in [0.15, 0.2) is 24.4 Å². The van der Waals surface area contributed by atoms with Crippen molar-refractivity contribution in [3.63, 3.8) is 0 Å². The maximum atomic E-state index is 14.0. The standard InChI is InChI=1S/C17H18FN3O2/c18-14-8-12(22)2-3-13(14)16(23)21-7-1-5-17(10-21)6-4-11-9-19-20-15(11)17/h2-3,8-9,22H,1,4-7,10H2,(H,19,20). The number of rotatable bonds is 1. The number of likely N-dealkylation sites (tertiary alicyclic amines) is 1. The molecule has 1 saturated heterocycles. The third-order valence-corrected chi connectivity index (χ3v) is 5.17. The second kappa shape index (κ2) is 5.08. The van der Waals surface area contributed by atoms with Crippen molar-refractivity contribution >= 4 is 5.91 Å². The number of H-pyrrole nitrogens is 1. The van der Waals surface area contributed by atoms with E-state index in [1.54, 1.807) is 4.90 Å². The number of aryl methyl sites for hydroxylation is 1. The van der Waals surface area contributed by atoms with E-state index in [0.29, 0.717) is 13.1 Å². The summed E-state index contributed by atoms with van der Waals surface area (Å²) in [5.41, 5.74) is 2.31. The highest BCUT2D eigenvalue weighted by Gasteiger charge is 2.44. The summed E-state index contributed by atoms with van der Waals surface area (Å²) in [6.45, 7) is 1.21. The van der Waals surface area contributed by atoms with Crippen molar-refractivity contribution in [2.24, 2.45) is 0 Å². The average Bonchev–Trinajstić information content (AvgIpc) is 3.12. The van der Waals surface area contributed by atoms with Crippen molar-refractivity contribution in [3.05, 3.63) is 47.0 Å². The Morgan fingerprint density at radius 1 is 1.39 bits per heavy atom. The van der Waals surface area contributed by atoms with Gasteiger partial charge in [-0.05, 0) is 43.4 Å². The molecule has 1 atom stereocenters. The highest BCUT2D eigenvalue weighted by molar-refractivity contribution is 5.94. The Hall–Kier alpha value is -2.37. The van der Waals surface area contributed by atoms with Gasteiger partial charge >= 0.3 is 0 Å². The fourth-order valence-electron chi connectivity index (χ4n) is 4.02. The van der Waals surface area contributed by atoms with E-state index in [1.165, 1.54) is 17.7 Å². The van der Waals surface area contributed by atoms with Gasteiger partial charge in [0, 0.05) is 30.3 Å². The van der Waals surface area contributed by atoms with Gasteiger partial charge in [0.15, 0.2) is 0 Å². The number of aromatic nitrogens is 2. The number of piperidine rings is 1. The number of carbonyl (C=O) groups is 1. The monoisotopic (exact) mass is 315 g/mol. The van der Waals surface area contributed by atoms with Crippen LogP contribution in [0.1, 0.15) is 40.9 Å². The molecule has 2 heterocycles. The number of hydrogen-bond acceptors (Lipinski definition) is 3. The summed E-state index contributed by atoms with van der Waals surface area (Å²) in [6, 6.07) is 3.68. The molecule has 1 spiro atoms. The third-order valence-electron chi connectivity index (χ3n) is 5.17. The largest absolute Gasteiger partial charge is 0.508 e. The zero-order chi connectivity index (χ0) is 16.0. The number of nitrogens with one attached hydrogen (secondary N) is 1. The number of aromatic hydroxyl groups is 1. The Morgan fingerprint density at radius 2 is 2.26 bits per heavy atom. The Kier molecular flexibility index (Phi) is 3.14. The molecule has 2 N–H and O–H groups in total. The average molecular weight is 315 g/mol. The van der Waals surface area contributed by atoms with E-state index in [-0.39, 0.29) is 22.6 Å². The van der Waals surface area contributed by atoms with E-state index >= 15 is 0 Å². The zero-order valence-corrected chi connectivity index (χ0v) is 12.7. The Balaban J connectivity index is 1.62. The minimum absolute atomic E-state index is 0.0164. The fraction of sp³-hybridized carbons (Fsp3) is 0.412. The van der Waals surface area contributed by atoms with E-state index in [1.807, 2.05) is 6.20 Å². The Labute approximate surface area is 133 Å². The van der Waals surface area contributed by atoms with Crippen LogP contribution in [0.4, 0.5) is 4.39 Å². The van der Waals surface area contributed by atoms with Gasteiger partial charge in [-0.15, -0.1) is 0 Å². The first-order chi connectivity index (χ1) is 11.1. The van der Waals surface area contributed by atoms with Crippen LogP contribution in [0.2, 0.25) is 0 Å². The van der Waals surface area contributed by atoms with Crippen molar-refractivity contribution < 1.29 is 14.3 Å². The van der Waals surface area contributed by atoms with E-state index in [2.05, 4.69) is 10.2 Å². The predicted octanol–water partition coefficient (Wildman–Crippen LogP) is 2.37. The number of halogens is 1. The highest BCUT2D eigenvalue weighted by Crippen LogP contribution is 2.44. The zero-order valence-electron chi connectivity index (χ0n) is 12.7. The molecular formula is C17H18FN3O2. The first-order valence-corrected chi connectivity index (χ1v) is 7.90. The second-order valence-corrected chi connectivity index (χ2v) is 6.54. The van der Waals surface area contributed by atoms with Gasteiger partial charge in [-0.3, -0.25) is 9.89 Å². The van der Waals surface area contributed by atoms with E-state index in [4.69, 9.17) is 0 Å². The molecular weight excluding hydrogens is 297 g/mol. The summed E-state index contributed by atoms with van der Waals surface area (Å²) in [6.07, 6.45) is 5.75. The van der Waals surface area contributed by atoms with Crippen LogP contribution in [0.5, 0.6) is 5.75 Å². The number of nitrogens with zero attached hydrogens (tertiary/aromatic N) is 2. The van der Waals surface area contributed by atoms with E-state index in [9.17, 15) is 14.3 Å². The van der Waals surface area contributed by atoms with E-state index < -0.39 is 5.82 Å². The van der Waals surface area contributed by atoms with Gasteiger partial charge in [-0.25, -0.2) is 4.39 Å². The number of carbonyl (C=O) groups excluding carboxylic acids is 1. The summed E-state index contributed by atoms with van der Waals surface area (Å²) in [5.74, 6) is -1.16. The molecule has 1 unspecified atom stereocenters. The smallest absolute Gasteiger partial charge is 0.256 e. The van der Waals surface area contributed by atoms with E-state index in [0.717, 1.165) is 37.4 Å². The summed E-state index contributed by atoms with van der Waals surface area (Å²) in [4.78, 5) is 14.4. The molecule has 1 aromatic heterocycles. The Morgan fingerprint density at radius 3 is 3.09 bits per heavy atom. The molecule has 0 bridgehead atoms. The number of fused-ring (bicyclic) bond motifs is 2. The molecule has 1 fully saturated rings. The third kappa shape index (κ3) is 2.20. The number of phenols is 1. The lowest BCUT2D eigenvalue weighted by Gasteiger charge is -2.40. The molecule has 120 valence electrons. The first-order valence-electron chi connectivity index (χ1n) is 7.90. The van der Waals surface area contributed by atoms with Crippen LogP contribution in [0, 0.1) is 5.82 Å². The summed E-state index contributed by atoms with van der Waals surface area (Å²) in [5, 5.41) is 16.5. The molecule has 0 radical (unpaired) electrons. The molecule has 2 aliphatic rings. The van der Waals surface area contributed by atoms with Crippen molar-refractivity contribution in [1.82, 2.24) is 15.1 Å². The van der Waals surface area contributed by atoms with Gasteiger partial charge in [-0.1, -0.05) is 0 Å². The quantitative estimate of drug-likeness (QED) is 0.849. The molecule has 1 aliphatic carbocycles. The van der Waals surface area contributed by atoms with Crippen molar-refractivity contribution in [2.45, 2.75) is 31.1 Å². The fourth-order valence-corrected chi connectivity index (χ4v) is 4.02. The number of aromatic amines is 1. The molecule has 0 saturated carbocycles. The first kappa shape index (κ1) is 14.2. The minimum Gasteiger partial charge on any atom is -0.508 e. The van der Waals surface area contributed by atoms with Crippen molar-refractivity contribution in [2.75, 3.05) is 13.1 Å². The predicted molar refractivity (Wildman–Crippen MR) is 81.8 cm³/mol. The normalized spacial score (nSPS) is 23.3. The van der Waals surface area contributed by atoms with Crippen LogP contribution in [-0.2, 0) is 11.8 Å². The summed E-state index contributed by atoms with van der Waals surface area (Å²) in [7, 11) is 0. The number of benzene rings is 1. The van der Waals surface area contributed by atoms with Gasteiger partial charge in [0.2, 0.25) is 0 Å². The molecule has 5 nitrogen and oxygen atoms in total. The van der Waals surface area contributed by atoms with Crippen LogP contribution < -0.4 is 0 Å². The van der Waals surface area contributed by atoms with Crippen LogP contribution in [0.25, 0.3) is 0 Å². The molecule has 4 rings (SSSR count). The van der Waals surface area contributed by atoms with Gasteiger partial charge in [0.25, 0.3) is 5.91 Å². The van der Waals surface area contributed by atoms with Gasteiger partial charge in [-0.2, -0.15) is 5.10 Å². The second-order valence-electron chi connectivity index (χ2n) is 6.54. The minimum atomic E-state index is -0.678. The lowest BCUT2D eigenvalue weighted by Crippen LogP contribution is -2.48. The number of hydrogen-bond donors (Lipinski definition) is 2. The number of amides is 1. The van der Waals surface area contributed by atoms with Gasteiger partial charge in [0.05, 0.1) is 11.8 Å². The molecule has 2 aromatic rings. The lowest BCUT2D eigenvalue weighted by atomic mass is 9.77. The molecule has 1 aliphatic heterocycles. The van der Waals surface area contributed by atoms with Crippen LogP contribution in [-0.4, -0.2) is 39.2 Å². The maximum Gasteiger partial charge on any atom is 0.256 e. The maximum absolute atomic E-state index is 14.0. The molecule has 1 amide bonds. The van der Waals surface area contributed by atoms with Gasteiger partial charge in [0.1, 0.15) is 11.6 Å². The molecule has 1 aromatic carbocycles. The molecule has 23 heavy (non-hydrogen) atoms. The summed E-state index contributed by atoms with van der Waals surface area (Å²) < 4.78 is 14.0. The van der Waals surface area contributed by atoms with Crippen LogP contribution in [0.3, 0.4) is 0 Å². The van der Waals surface area contributed by atoms with Gasteiger partial charge < -0.3 is 10.0 Å². The SMILES string of the molecule is O=C(c1ccc(O)cc1F)N1CCCC2(CCc3cn[nH]c32)C1. The molecule has 6 heteroatoms.